The average Bonchev–Trinajstić information content (AvgIpc) is 2.37. The minimum absolute atomic E-state index is 0.0483. The molecule has 0 fully saturated rings. The van der Waals surface area contributed by atoms with Gasteiger partial charge in [-0.15, -0.1) is 0 Å². The number of nitrogens with one attached hydrogen (secondary N) is 1. The quantitative estimate of drug-likeness (QED) is 0.425. The van der Waals surface area contributed by atoms with Gasteiger partial charge in [0.25, 0.3) is 5.91 Å². The van der Waals surface area contributed by atoms with Crippen LogP contribution in [0.15, 0.2) is 12.1 Å². The molecule has 1 amide bonds. The molecule has 0 radical (unpaired) electrons. The number of phenolic OH excluding ortho intramolecular Hbond substituents is 1. The lowest BCUT2D eigenvalue weighted by atomic mass is 10.1. The van der Waals surface area contributed by atoms with Crippen LogP contribution in [0.5, 0.6) is 5.75 Å². The SMILES string of the molecule is O=C(O)CCC(NC(=O)c1cc(I)cc(I)c1O)C(=O)O. The van der Waals surface area contributed by atoms with Crippen LogP contribution >= 0.6 is 45.2 Å². The van der Waals surface area contributed by atoms with Crippen LogP contribution in [0.2, 0.25) is 0 Å². The summed E-state index contributed by atoms with van der Waals surface area (Å²) in [4.78, 5) is 33.5. The number of carbonyl (C=O) groups excluding carboxylic acids is 1. The minimum atomic E-state index is -1.33. The summed E-state index contributed by atoms with van der Waals surface area (Å²) >= 11 is 3.82. The average molecular weight is 519 g/mol. The van der Waals surface area contributed by atoms with E-state index in [1.54, 1.807) is 6.07 Å². The highest BCUT2D eigenvalue weighted by molar-refractivity contribution is 14.1. The molecule has 1 aromatic rings. The van der Waals surface area contributed by atoms with Gasteiger partial charge in [-0.1, -0.05) is 0 Å². The molecule has 1 rings (SSSR count). The van der Waals surface area contributed by atoms with E-state index in [0.29, 0.717) is 7.14 Å². The molecule has 9 heteroatoms. The summed E-state index contributed by atoms with van der Waals surface area (Å²) in [6, 6.07) is 1.75. The molecule has 0 saturated carbocycles. The van der Waals surface area contributed by atoms with Gasteiger partial charge >= 0.3 is 11.9 Å². The second-order valence-electron chi connectivity index (χ2n) is 4.08. The zero-order valence-corrected chi connectivity index (χ0v) is 14.8. The Kier molecular flexibility index (Phi) is 6.64. The Morgan fingerprint density at radius 2 is 1.81 bits per heavy atom. The van der Waals surface area contributed by atoms with E-state index in [2.05, 4.69) is 5.32 Å². The Morgan fingerprint density at radius 1 is 1.19 bits per heavy atom. The maximum Gasteiger partial charge on any atom is 0.326 e. The zero-order chi connectivity index (χ0) is 16.2. The lowest BCUT2D eigenvalue weighted by Gasteiger charge is -2.14. The van der Waals surface area contributed by atoms with Crippen LogP contribution in [0.25, 0.3) is 0 Å². The molecule has 0 heterocycles. The summed E-state index contributed by atoms with van der Waals surface area (Å²) in [6.07, 6.45) is -0.620. The highest BCUT2D eigenvalue weighted by Crippen LogP contribution is 2.27. The topological polar surface area (TPSA) is 124 Å². The third-order valence-corrected chi connectivity index (χ3v) is 3.97. The molecule has 0 aliphatic rings. The standard InChI is InChI=1S/C12H11I2NO6/c13-5-3-6(10(18)7(14)4-5)11(19)15-8(12(20)21)1-2-9(16)17/h3-4,8,18H,1-2H2,(H,15,19)(H,16,17)(H,20,21). The van der Waals surface area contributed by atoms with Crippen LogP contribution < -0.4 is 5.32 Å². The highest BCUT2D eigenvalue weighted by atomic mass is 127. The molecule has 114 valence electrons. The van der Waals surface area contributed by atoms with E-state index >= 15 is 0 Å². The van der Waals surface area contributed by atoms with Gasteiger partial charge in [0.2, 0.25) is 0 Å². The van der Waals surface area contributed by atoms with Crippen molar-refractivity contribution in [2.24, 2.45) is 0 Å². The third kappa shape index (κ3) is 5.30. The van der Waals surface area contributed by atoms with Crippen molar-refractivity contribution in [3.05, 3.63) is 24.8 Å². The molecule has 1 unspecified atom stereocenters. The number of carboxylic acid groups (broad SMARTS) is 2. The van der Waals surface area contributed by atoms with Crippen LogP contribution in [0.4, 0.5) is 0 Å². The fourth-order valence-corrected chi connectivity index (χ4v) is 3.34. The van der Waals surface area contributed by atoms with Gasteiger partial charge in [0.1, 0.15) is 11.8 Å². The summed E-state index contributed by atoms with van der Waals surface area (Å²) in [7, 11) is 0. The van der Waals surface area contributed by atoms with Gasteiger partial charge in [-0.3, -0.25) is 9.59 Å². The van der Waals surface area contributed by atoms with Crippen molar-refractivity contribution >= 4 is 63.0 Å². The fraction of sp³-hybridized carbons (Fsp3) is 0.250. The number of carboxylic acids is 2. The van der Waals surface area contributed by atoms with Crippen LogP contribution in [-0.2, 0) is 9.59 Å². The van der Waals surface area contributed by atoms with Gasteiger partial charge < -0.3 is 20.6 Å². The van der Waals surface area contributed by atoms with Crippen LogP contribution in [0, 0.1) is 7.14 Å². The van der Waals surface area contributed by atoms with Gasteiger partial charge in [0, 0.05) is 9.99 Å². The molecule has 7 nitrogen and oxygen atoms in total. The monoisotopic (exact) mass is 519 g/mol. The number of carbonyl (C=O) groups is 3. The smallest absolute Gasteiger partial charge is 0.326 e. The first-order valence-corrected chi connectivity index (χ1v) is 7.81. The van der Waals surface area contributed by atoms with E-state index < -0.39 is 23.9 Å². The second kappa shape index (κ2) is 7.77. The van der Waals surface area contributed by atoms with Crippen molar-refractivity contribution in [1.29, 1.82) is 0 Å². The maximum absolute atomic E-state index is 12.0. The number of benzene rings is 1. The molecule has 4 N–H and O–H groups in total. The zero-order valence-electron chi connectivity index (χ0n) is 10.5. The number of halogens is 2. The van der Waals surface area contributed by atoms with Gasteiger partial charge in [-0.2, -0.15) is 0 Å². The number of rotatable bonds is 6. The summed E-state index contributed by atoms with van der Waals surface area (Å²) in [5.41, 5.74) is -0.0483. The van der Waals surface area contributed by atoms with Crippen molar-refractivity contribution in [2.45, 2.75) is 18.9 Å². The van der Waals surface area contributed by atoms with Crippen LogP contribution in [-0.4, -0.2) is 39.2 Å². The van der Waals surface area contributed by atoms with Crippen LogP contribution in [0.1, 0.15) is 23.2 Å². The van der Waals surface area contributed by atoms with Gasteiger partial charge in [0.15, 0.2) is 0 Å². The van der Waals surface area contributed by atoms with E-state index in [1.165, 1.54) is 6.07 Å². The van der Waals surface area contributed by atoms with Crippen molar-refractivity contribution < 1.29 is 29.7 Å². The van der Waals surface area contributed by atoms with Crippen molar-refractivity contribution in [1.82, 2.24) is 5.32 Å². The lowest BCUT2D eigenvalue weighted by molar-refractivity contribution is -0.140. The molecule has 1 atom stereocenters. The molecule has 0 aliphatic heterocycles. The number of hydrogen-bond acceptors (Lipinski definition) is 4. The number of amides is 1. The normalized spacial score (nSPS) is 11.7. The molecule has 1 aromatic carbocycles. The molecule has 0 aliphatic carbocycles. The maximum atomic E-state index is 12.0. The Hall–Kier alpha value is -1.11. The highest BCUT2D eigenvalue weighted by Gasteiger charge is 2.23. The number of phenols is 1. The van der Waals surface area contributed by atoms with E-state index in [9.17, 15) is 19.5 Å². The van der Waals surface area contributed by atoms with Crippen molar-refractivity contribution in [2.75, 3.05) is 0 Å². The largest absolute Gasteiger partial charge is 0.506 e. The Balaban J connectivity index is 2.92. The molecule has 0 bridgehead atoms. The Morgan fingerprint density at radius 3 is 2.33 bits per heavy atom. The first kappa shape index (κ1) is 17.9. The van der Waals surface area contributed by atoms with Gasteiger partial charge in [-0.05, 0) is 63.7 Å². The van der Waals surface area contributed by atoms with Crippen LogP contribution in [0.3, 0.4) is 0 Å². The minimum Gasteiger partial charge on any atom is -0.506 e. The Bertz CT molecular complexity index is 589. The fourth-order valence-electron chi connectivity index (χ4n) is 1.50. The molecular formula is C12H11I2NO6. The van der Waals surface area contributed by atoms with Crippen molar-refractivity contribution in [3.8, 4) is 5.75 Å². The predicted molar refractivity (Wildman–Crippen MR) is 89.3 cm³/mol. The summed E-state index contributed by atoms with van der Waals surface area (Å²) in [6.45, 7) is 0. The number of hydrogen-bond donors (Lipinski definition) is 4. The molecular weight excluding hydrogens is 508 g/mol. The Labute approximate surface area is 147 Å². The summed E-state index contributed by atoms with van der Waals surface area (Å²) in [5.74, 6) is -3.48. The van der Waals surface area contributed by atoms with E-state index in [4.69, 9.17) is 10.2 Å². The van der Waals surface area contributed by atoms with E-state index in [-0.39, 0.29) is 24.2 Å². The first-order valence-electron chi connectivity index (χ1n) is 5.66. The molecule has 0 saturated heterocycles. The molecule has 0 aromatic heterocycles. The van der Waals surface area contributed by atoms with Gasteiger partial charge in [0.05, 0.1) is 9.13 Å². The number of aromatic hydroxyl groups is 1. The summed E-state index contributed by atoms with van der Waals surface area (Å²) < 4.78 is 1.17. The lowest BCUT2D eigenvalue weighted by Crippen LogP contribution is -2.41. The van der Waals surface area contributed by atoms with E-state index in [1.807, 2.05) is 45.2 Å². The molecule has 21 heavy (non-hydrogen) atoms. The molecule has 0 spiro atoms. The third-order valence-electron chi connectivity index (χ3n) is 2.52. The first-order chi connectivity index (χ1) is 9.72. The van der Waals surface area contributed by atoms with E-state index in [0.717, 1.165) is 0 Å². The second-order valence-corrected chi connectivity index (χ2v) is 6.49. The van der Waals surface area contributed by atoms with Crippen molar-refractivity contribution in [3.63, 3.8) is 0 Å². The summed E-state index contributed by atoms with van der Waals surface area (Å²) in [5, 5.41) is 29.6. The predicted octanol–water partition coefficient (Wildman–Crippen LogP) is 1.65. The number of aliphatic carboxylic acids is 2. The van der Waals surface area contributed by atoms with Gasteiger partial charge in [-0.25, -0.2) is 4.79 Å².